The van der Waals surface area contributed by atoms with Crippen LogP contribution in [0.4, 0.5) is 11.4 Å². The first-order valence-electron chi connectivity index (χ1n) is 9.11. The van der Waals surface area contributed by atoms with E-state index >= 15 is 0 Å². The quantitative estimate of drug-likeness (QED) is 0.354. The van der Waals surface area contributed by atoms with Crippen molar-refractivity contribution in [2.75, 3.05) is 25.6 Å². The van der Waals surface area contributed by atoms with Crippen molar-refractivity contribution in [1.82, 2.24) is 0 Å². The number of nitro groups is 1. The van der Waals surface area contributed by atoms with Gasteiger partial charge in [0.15, 0.2) is 0 Å². The van der Waals surface area contributed by atoms with E-state index in [4.69, 9.17) is 9.47 Å². The maximum atomic E-state index is 11.5. The molecule has 1 aliphatic heterocycles. The molecule has 27 heavy (non-hydrogen) atoms. The van der Waals surface area contributed by atoms with Gasteiger partial charge in [0.2, 0.25) is 0 Å². The molecule has 1 aliphatic carbocycles. The van der Waals surface area contributed by atoms with E-state index < -0.39 is 0 Å². The first kappa shape index (κ1) is 17.5. The molecule has 4 rings (SSSR count). The maximum absolute atomic E-state index is 11.5. The van der Waals surface area contributed by atoms with Crippen LogP contribution in [-0.2, 0) is 4.74 Å². The molecule has 3 unspecified atom stereocenters. The summed E-state index contributed by atoms with van der Waals surface area (Å²) in [5.74, 6) is 1.28. The van der Waals surface area contributed by atoms with Gasteiger partial charge in [0.05, 0.1) is 23.1 Å². The Morgan fingerprint density at radius 3 is 2.85 bits per heavy atom. The summed E-state index contributed by atoms with van der Waals surface area (Å²) in [6.45, 7) is 1.05. The molecule has 0 spiro atoms. The number of nitrogens with zero attached hydrogens (tertiary/aromatic N) is 1. The topological polar surface area (TPSA) is 73.6 Å². The number of benzene rings is 2. The lowest BCUT2D eigenvalue weighted by atomic mass is 9.76. The summed E-state index contributed by atoms with van der Waals surface area (Å²) in [4.78, 5) is 11.2. The van der Waals surface area contributed by atoms with Crippen molar-refractivity contribution in [3.63, 3.8) is 0 Å². The predicted molar refractivity (Wildman–Crippen MR) is 103 cm³/mol. The fourth-order valence-corrected chi connectivity index (χ4v) is 4.13. The van der Waals surface area contributed by atoms with Gasteiger partial charge in [0, 0.05) is 24.8 Å². The van der Waals surface area contributed by atoms with E-state index in [2.05, 4.69) is 23.5 Å². The molecule has 0 saturated heterocycles. The molecule has 0 amide bonds. The normalized spacial score (nSPS) is 22.6. The van der Waals surface area contributed by atoms with Gasteiger partial charge in [-0.2, -0.15) is 0 Å². The molecular weight excluding hydrogens is 344 g/mol. The minimum atomic E-state index is -0.295. The summed E-state index contributed by atoms with van der Waals surface area (Å²) in [5, 5.41) is 15.1. The van der Waals surface area contributed by atoms with Gasteiger partial charge in [-0.25, -0.2) is 0 Å². The average Bonchev–Trinajstić information content (AvgIpc) is 3.18. The summed E-state index contributed by atoms with van der Waals surface area (Å²) in [6, 6.07) is 12.9. The highest BCUT2D eigenvalue weighted by molar-refractivity contribution is 5.63. The summed E-state index contributed by atoms with van der Waals surface area (Å²) in [6.07, 6.45) is 5.28. The molecule has 0 bridgehead atoms. The Labute approximate surface area is 158 Å². The van der Waals surface area contributed by atoms with Gasteiger partial charge in [-0.3, -0.25) is 10.1 Å². The Hall–Kier alpha value is -2.86. The summed E-state index contributed by atoms with van der Waals surface area (Å²) < 4.78 is 10.8. The molecule has 0 aromatic heterocycles. The smallest absolute Gasteiger partial charge is 0.274 e. The lowest BCUT2D eigenvalue weighted by Gasteiger charge is -2.37. The third kappa shape index (κ3) is 3.28. The number of anilines is 1. The molecule has 3 atom stereocenters. The van der Waals surface area contributed by atoms with Crippen molar-refractivity contribution in [2.45, 2.75) is 18.4 Å². The third-order valence-corrected chi connectivity index (χ3v) is 5.36. The summed E-state index contributed by atoms with van der Waals surface area (Å²) in [5.41, 5.74) is 3.10. The van der Waals surface area contributed by atoms with E-state index in [1.165, 1.54) is 5.56 Å². The minimum absolute atomic E-state index is 0.0978. The Kier molecular flexibility index (Phi) is 4.81. The number of methoxy groups -OCH3 is 1. The number of nitrogens with one attached hydrogen (secondary N) is 1. The fraction of sp³-hybridized carbons (Fsp3) is 0.333. The molecule has 2 aromatic carbocycles. The largest absolute Gasteiger partial charge is 0.491 e. The second kappa shape index (κ2) is 7.40. The zero-order chi connectivity index (χ0) is 18.8. The summed E-state index contributed by atoms with van der Waals surface area (Å²) >= 11 is 0. The highest BCUT2D eigenvalue weighted by Crippen LogP contribution is 2.51. The highest BCUT2D eigenvalue weighted by Gasteiger charge is 2.40. The molecule has 6 heteroatoms. The van der Waals surface area contributed by atoms with Gasteiger partial charge in [0.25, 0.3) is 5.69 Å². The van der Waals surface area contributed by atoms with E-state index in [0.29, 0.717) is 13.2 Å². The van der Waals surface area contributed by atoms with Gasteiger partial charge in [-0.05, 0) is 36.1 Å². The van der Waals surface area contributed by atoms with Crippen LogP contribution in [0.25, 0.3) is 0 Å². The van der Waals surface area contributed by atoms with E-state index in [0.717, 1.165) is 23.4 Å². The lowest BCUT2D eigenvalue weighted by molar-refractivity contribution is -0.385. The standard InChI is InChI=1S/C21H22N2O4/c1-26-11-12-27-14-9-10-19-18(13-14)15-6-4-7-16(15)21(22-19)17-5-2-3-8-20(17)23(24)25/h2-6,8-10,13,15-16,21-22H,7,11-12H2,1H3. The number of hydrogen-bond donors (Lipinski definition) is 1. The molecule has 0 saturated carbocycles. The van der Waals surface area contributed by atoms with Crippen molar-refractivity contribution in [3.05, 3.63) is 75.9 Å². The van der Waals surface area contributed by atoms with Gasteiger partial charge in [-0.1, -0.05) is 30.4 Å². The summed E-state index contributed by atoms with van der Waals surface area (Å²) in [7, 11) is 1.65. The van der Waals surface area contributed by atoms with Crippen LogP contribution >= 0.6 is 0 Å². The monoisotopic (exact) mass is 366 g/mol. The molecule has 1 heterocycles. The number of para-hydroxylation sites is 1. The van der Waals surface area contributed by atoms with Gasteiger partial charge < -0.3 is 14.8 Å². The van der Waals surface area contributed by atoms with Crippen molar-refractivity contribution >= 4 is 11.4 Å². The minimum Gasteiger partial charge on any atom is -0.491 e. The zero-order valence-corrected chi connectivity index (χ0v) is 15.1. The molecular formula is C21H22N2O4. The predicted octanol–water partition coefficient (Wildman–Crippen LogP) is 4.45. The van der Waals surface area contributed by atoms with Gasteiger partial charge >= 0.3 is 0 Å². The zero-order valence-electron chi connectivity index (χ0n) is 15.1. The maximum Gasteiger partial charge on any atom is 0.274 e. The van der Waals surface area contributed by atoms with Crippen molar-refractivity contribution in [2.24, 2.45) is 5.92 Å². The van der Waals surface area contributed by atoms with E-state index in [1.54, 1.807) is 19.2 Å². The van der Waals surface area contributed by atoms with Crippen LogP contribution in [0.2, 0.25) is 0 Å². The molecule has 140 valence electrons. The van der Waals surface area contributed by atoms with Crippen molar-refractivity contribution in [1.29, 1.82) is 0 Å². The fourth-order valence-electron chi connectivity index (χ4n) is 4.13. The van der Waals surface area contributed by atoms with Crippen molar-refractivity contribution < 1.29 is 14.4 Å². The van der Waals surface area contributed by atoms with Crippen LogP contribution in [0.15, 0.2) is 54.6 Å². The van der Waals surface area contributed by atoms with Crippen LogP contribution in [0.3, 0.4) is 0 Å². The van der Waals surface area contributed by atoms with E-state index in [1.807, 2.05) is 24.3 Å². The first-order chi connectivity index (χ1) is 13.2. The number of nitro benzene ring substituents is 1. The van der Waals surface area contributed by atoms with Crippen LogP contribution in [0.5, 0.6) is 5.75 Å². The number of ether oxygens (including phenoxy) is 2. The molecule has 2 aliphatic rings. The third-order valence-electron chi connectivity index (χ3n) is 5.36. The number of rotatable bonds is 6. The van der Waals surface area contributed by atoms with Crippen LogP contribution in [-0.4, -0.2) is 25.2 Å². The Bertz CT molecular complexity index is 880. The molecule has 0 fully saturated rings. The Balaban J connectivity index is 1.68. The Morgan fingerprint density at radius 2 is 2.04 bits per heavy atom. The van der Waals surface area contributed by atoms with Crippen LogP contribution in [0, 0.1) is 16.0 Å². The Morgan fingerprint density at radius 1 is 1.19 bits per heavy atom. The second-order valence-corrected chi connectivity index (χ2v) is 6.88. The van der Waals surface area contributed by atoms with Gasteiger partial charge in [0.1, 0.15) is 12.4 Å². The van der Waals surface area contributed by atoms with Crippen LogP contribution in [0.1, 0.15) is 29.5 Å². The lowest BCUT2D eigenvalue weighted by Crippen LogP contribution is -2.29. The molecule has 1 N–H and O–H groups in total. The number of hydrogen-bond acceptors (Lipinski definition) is 5. The van der Waals surface area contributed by atoms with E-state index in [9.17, 15) is 10.1 Å². The van der Waals surface area contributed by atoms with E-state index in [-0.39, 0.29) is 28.5 Å². The number of fused-ring (bicyclic) bond motifs is 3. The highest BCUT2D eigenvalue weighted by atomic mass is 16.6. The number of allylic oxidation sites excluding steroid dienone is 2. The van der Waals surface area contributed by atoms with Gasteiger partial charge in [-0.15, -0.1) is 0 Å². The molecule has 0 radical (unpaired) electrons. The van der Waals surface area contributed by atoms with Crippen molar-refractivity contribution in [3.8, 4) is 5.75 Å². The van der Waals surface area contributed by atoms with Crippen LogP contribution < -0.4 is 10.1 Å². The SMILES string of the molecule is COCCOc1ccc2c(c1)C1C=CCC1C(c1ccccc1[N+](=O)[O-])N2. The first-order valence-corrected chi connectivity index (χ1v) is 9.11. The molecule has 2 aromatic rings. The molecule has 6 nitrogen and oxygen atoms in total. The second-order valence-electron chi connectivity index (χ2n) is 6.88. The average molecular weight is 366 g/mol.